The molecule has 0 spiro atoms. The predicted octanol–water partition coefficient (Wildman–Crippen LogP) is 4.88. The van der Waals surface area contributed by atoms with Crippen molar-refractivity contribution in [2.45, 2.75) is 72.6 Å². The molecule has 0 aromatic heterocycles. The van der Waals surface area contributed by atoms with E-state index in [4.69, 9.17) is 0 Å². The summed E-state index contributed by atoms with van der Waals surface area (Å²) in [6.45, 7) is 7.00. The Morgan fingerprint density at radius 1 is 0.615 bits per heavy atom. The first-order valence-electron chi connectivity index (χ1n) is 6.18. The van der Waals surface area contributed by atoms with E-state index in [2.05, 4.69) is 20.8 Å². The summed E-state index contributed by atoms with van der Waals surface area (Å²) in [7, 11) is 0. The third-order valence-electron chi connectivity index (χ3n) is 2.65. The molecule has 0 aliphatic heterocycles. The monoisotopic (exact) mass is 292 g/mol. The third-order valence-corrected chi connectivity index (χ3v) is 11.7. The van der Waals surface area contributed by atoms with Gasteiger partial charge in [0.25, 0.3) is 0 Å². The van der Waals surface area contributed by atoms with Crippen molar-refractivity contribution in [3.8, 4) is 0 Å². The standard InChI is InChI=1S/3C4H9.Sn/c3*1-3-4-2;/h3*1,3-4H2,2H3;/q;;;+1/i1+1;;;. The van der Waals surface area contributed by atoms with Gasteiger partial charge in [0.05, 0.1) is 0 Å². The van der Waals surface area contributed by atoms with E-state index in [1.165, 1.54) is 38.5 Å². The molecule has 0 aromatic rings. The van der Waals surface area contributed by atoms with Crippen LogP contribution in [0.3, 0.4) is 0 Å². The second-order valence-electron chi connectivity index (χ2n) is 4.06. The molecule has 0 aliphatic rings. The van der Waals surface area contributed by atoms with Crippen LogP contribution in [0.25, 0.3) is 0 Å². The molecule has 13 heavy (non-hydrogen) atoms. The normalized spacial score (nSPS) is 10.4. The van der Waals surface area contributed by atoms with Crippen molar-refractivity contribution < 1.29 is 0 Å². The molecule has 0 unspecified atom stereocenters. The van der Waals surface area contributed by atoms with Crippen molar-refractivity contribution in [1.82, 2.24) is 0 Å². The summed E-state index contributed by atoms with van der Waals surface area (Å²) in [6.07, 6.45) is 8.85. The molecule has 0 aliphatic carbocycles. The van der Waals surface area contributed by atoms with Crippen molar-refractivity contribution in [3.63, 3.8) is 0 Å². The number of hydrogen-bond donors (Lipinski definition) is 0. The second-order valence-corrected chi connectivity index (χ2v) is 12.6. The topological polar surface area (TPSA) is 0 Å². The maximum absolute atomic E-state index is 2.33. The summed E-state index contributed by atoms with van der Waals surface area (Å²) in [4.78, 5) is 0. The van der Waals surface area contributed by atoms with Gasteiger partial charge in [-0.2, -0.15) is 0 Å². The van der Waals surface area contributed by atoms with Crippen LogP contribution in [-0.2, 0) is 0 Å². The maximum atomic E-state index is 2.33. The molecule has 0 aromatic carbocycles. The van der Waals surface area contributed by atoms with Crippen LogP contribution in [-0.4, -0.2) is 19.8 Å². The second kappa shape index (κ2) is 10.9. The van der Waals surface area contributed by atoms with Crippen molar-refractivity contribution in [2.24, 2.45) is 0 Å². The number of unbranched alkanes of at least 4 members (excludes halogenated alkanes) is 3. The Balaban J connectivity index is 3.47. The van der Waals surface area contributed by atoms with Gasteiger partial charge < -0.3 is 0 Å². The minimum atomic E-state index is -0.839. The van der Waals surface area contributed by atoms with Crippen LogP contribution in [0.1, 0.15) is 59.3 Å². The zero-order valence-electron chi connectivity index (χ0n) is 9.86. The Bertz CT molecular complexity index is 72.1. The van der Waals surface area contributed by atoms with E-state index in [1.54, 1.807) is 13.3 Å². The summed E-state index contributed by atoms with van der Waals surface area (Å²) >= 11 is -0.839. The molecule has 0 nitrogen and oxygen atoms in total. The van der Waals surface area contributed by atoms with Crippen LogP contribution in [0.2, 0.25) is 13.3 Å². The van der Waals surface area contributed by atoms with Gasteiger partial charge in [0.2, 0.25) is 0 Å². The van der Waals surface area contributed by atoms with Crippen LogP contribution in [0, 0.1) is 0 Å². The fourth-order valence-corrected chi connectivity index (χ4v) is 11.1. The summed E-state index contributed by atoms with van der Waals surface area (Å²) in [5.74, 6) is 0. The molecule has 0 heterocycles. The number of rotatable bonds is 9. The Morgan fingerprint density at radius 3 is 1.15 bits per heavy atom. The van der Waals surface area contributed by atoms with E-state index in [0.29, 0.717) is 0 Å². The van der Waals surface area contributed by atoms with Crippen molar-refractivity contribution in [1.29, 1.82) is 0 Å². The summed E-state index contributed by atoms with van der Waals surface area (Å²) < 4.78 is 5.04. The number of hydrogen-bond acceptors (Lipinski definition) is 0. The molecule has 0 bridgehead atoms. The Morgan fingerprint density at radius 2 is 0.923 bits per heavy atom. The fraction of sp³-hybridized carbons (Fsp3) is 1.00. The van der Waals surface area contributed by atoms with Gasteiger partial charge in [-0.3, -0.25) is 0 Å². The molecule has 0 fully saturated rings. The molecule has 0 radical (unpaired) electrons. The average Bonchev–Trinajstić information content (AvgIpc) is 2.17. The average molecular weight is 291 g/mol. The van der Waals surface area contributed by atoms with Gasteiger partial charge in [-0.25, -0.2) is 0 Å². The van der Waals surface area contributed by atoms with E-state index in [-0.39, 0.29) is 0 Å². The predicted molar refractivity (Wildman–Crippen MR) is 64.9 cm³/mol. The molecular weight excluding hydrogens is 264 g/mol. The van der Waals surface area contributed by atoms with E-state index in [1.807, 2.05) is 0 Å². The van der Waals surface area contributed by atoms with Gasteiger partial charge in [-0.05, 0) is 0 Å². The fourth-order valence-electron chi connectivity index (χ4n) is 1.66. The van der Waals surface area contributed by atoms with Crippen molar-refractivity contribution in [3.05, 3.63) is 0 Å². The quantitative estimate of drug-likeness (QED) is 0.419. The van der Waals surface area contributed by atoms with Gasteiger partial charge in [0, 0.05) is 0 Å². The SMILES string of the molecule is CCC[CH2][Sn+]([CH2]CCC)[13CH2]CCC. The zero-order chi connectivity index (χ0) is 9.94. The van der Waals surface area contributed by atoms with Gasteiger partial charge in [0.1, 0.15) is 0 Å². The first kappa shape index (κ1) is 13.8. The summed E-state index contributed by atoms with van der Waals surface area (Å²) in [5, 5.41) is 0. The molecule has 1 heteroatoms. The van der Waals surface area contributed by atoms with Crippen LogP contribution in [0.5, 0.6) is 0 Å². The Labute approximate surface area is 92.2 Å². The molecule has 0 saturated carbocycles. The van der Waals surface area contributed by atoms with Crippen LogP contribution >= 0.6 is 0 Å². The van der Waals surface area contributed by atoms with E-state index in [9.17, 15) is 0 Å². The molecular formula is C12H27Sn+. The molecule has 0 rings (SSSR count). The zero-order valence-corrected chi connectivity index (χ0v) is 12.7. The first-order chi connectivity index (χ1) is 6.35. The first-order valence-corrected chi connectivity index (χ1v) is 12.2. The molecule has 0 saturated heterocycles. The van der Waals surface area contributed by atoms with Gasteiger partial charge in [-0.15, -0.1) is 0 Å². The molecule has 0 atom stereocenters. The van der Waals surface area contributed by atoms with Crippen LogP contribution < -0.4 is 0 Å². The van der Waals surface area contributed by atoms with E-state index >= 15 is 0 Å². The van der Waals surface area contributed by atoms with E-state index in [0.717, 1.165) is 0 Å². The Hall–Kier alpha value is 0.799. The van der Waals surface area contributed by atoms with Crippen molar-refractivity contribution in [2.75, 3.05) is 0 Å². The minimum absolute atomic E-state index is 0.839. The van der Waals surface area contributed by atoms with Gasteiger partial charge in [-0.1, -0.05) is 0 Å². The third kappa shape index (κ3) is 9.11. The van der Waals surface area contributed by atoms with Gasteiger partial charge in [0.15, 0.2) is 0 Å². The molecule has 78 valence electrons. The van der Waals surface area contributed by atoms with Gasteiger partial charge >= 0.3 is 92.4 Å². The van der Waals surface area contributed by atoms with Crippen LogP contribution in [0.4, 0.5) is 0 Å². The Kier molecular flexibility index (Phi) is 11.5. The summed E-state index contributed by atoms with van der Waals surface area (Å²) in [5.41, 5.74) is 0. The van der Waals surface area contributed by atoms with Crippen LogP contribution in [0.15, 0.2) is 0 Å². The summed E-state index contributed by atoms with van der Waals surface area (Å²) in [6, 6.07) is 0. The van der Waals surface area contributed by atoms with E-state index < -0.39 is 19.8 Å². The molecule has 0 amide bonds. The molecule has 0 N–H and O–H groups in total. The van der Waals surface area contributed by atoms with Crippen molar-refractivity contribution >= 4 is 19.8 Å².